The summed E-state index contributed by atoms with van der Waals surface area (Å²) in [6, 6.07) is 6.37. The van der Waals surface area contributed by atoms with Crippen LogP contribution in [0.5, 0.6) is 5.75 Å². The standard InChI is InChI=1S/C14H15BrFN3O/c1-3-17-13-6-9(2)18-14(19-13)8-20-10-4-5-12(16)11(15)7-10/h4-7H,3,8H2,1-2H3,(H,17,18,19). The van der Waals surface area contributed by atoms with Crippen molar-refractivity contribution in [1.82, 2.24) is 9.97 Å². The van der Waals surface area contributed by atoms with Gasteiger partial charge < -0.3 is 10.1 Å². The minimum atomic E-state index is -0.321. The highest BCUT2D eigenvalue weighted by atomic mass is 79.9. The zero-order chi connectivity index (χ0) is 14.5. The van der Waals surface area contributed by atoms with Crippen LogP contribution >= 0.6 is 15.9 Å². The fraction of sp³-hybridized carbons (Fsp3) is 0.286. The third-order valence-corrected chi connectivity index (χ3v) is 3.13. The van der Waals surface area contributed by atoms with Gasteiger partial charge in [0, 0.05) is 18.3 Å². The molecule has 0 spiro atoms. The van der Waals surface area contributed by atoms with Crippen LogP contribution in [0.3, 0.4) is 0 Å². The molecular formula is C14H15BrFN3O. The van der Waals surface area contributed by atoms with E-state index in [1.165, 1.54) is 6.07 Å². The average molecular weight is 340 g/mol. The second-order valence-corrected chi connectivity index (χ2v) is 5.06. The maximum Gasteiger partial charge on any atom is 0.168 e. The van der Waals surface area contributed by atoms with Crippen molar-refractivity contribution < 1.29 is 9.13 Å². The molecule has 0 aliphatic rings. The van der Waals surface area contributed by atoms with Crippen molar-refractivity contribution in [3.63, 3.8) is 0 Å². The summed E-state index contributed by atoms with van der Waals surface area (Å²) >= 11 is 3.12. The lowest BCUT2D eigenvalue weighted by Gasteiger charge is -2.09. The predicted molar refractivity (Wildman–Crippen MR) is 79.4 cm³/mol. The summed E-state index contributed by atoms with van der Waals surface area (Å²) in [5.74, 6) is 1.60. The first-order valence-electron chi connectivity index (χ1n) is 6.24. The Morgan fingerprint density at radius 3 is 2.80 bits per heavy atom. The van der Waals surface area contributed by atoms with E-state index in [1.54, 1.807) is 12.1 Å². The Kier molecular flexibility index (Phi) is 4.89. The largest absolute Gasteiger partial charge is 0.486 e. The van der Waals surface area contributed by atoms with Gasteiger partial charge in [0.25, 0.3) is 0 Å². The molecule has 0 radical (unpaired) electrons. The van der Waals surface area contributed by atoms with E-state index in [-0.39, 0.29) is 12.4 Å². The Bertz CT molecular complexity index is 607. The van der Waals surface area contributed by atoms with Gasteiger partial charge in [-0.25, -0.2) is 14.4 Å². The van der Waals surface area contributed by atoms with Crippen LogP contribution in [0.25, 0.3) is 0 Å². The van der Waals surface area contributed by atoms with Crippen LogP contribution < -0.4 is 10.1 Å². The average Bonchev–Trinajstić information content (AvgIpc) is 2.40. The normalized spacial score (nSPS) is 10.4. The third kappa shape index (κ3) is 3.90. The van der Waals surface area contributed by atoms with Crippen molar-refractivity contribution in [3.8, 4) is 5.75 Å². The van der Waals surface area contributed by atoms with Crippen molar-refractivity contribution in [2.24, 2.45) is 0 Å². The van der Waals surface area contributed by atoms with Gasteiger partial charge in [-0.15, -0.1) is 0 Å². The first-order chi connectivity index (χ1) is 9.58. The fourth-order valence-corrected chi connectivity index (χ4v) is 2.04. The molecule has 0 saturated carbocycles. The van der Waals surface area contributed by atoms with Crippen molar-refractivity contribution >= 4 is 21.7 Å². The summed E-state index contributed by atoms with van der Waals surface area (Å²) in [5, 5.41) is 3.14. The smallest absolute Gasteiger partial charge is 0.168 e. The number of aromatic nitrogens is 2. The number of hydrogen-bond acceptors (Lipinski definition) is 4. The van der Waals surface area contributed by atoms with Gasteiger partial charge in [0.05, 0.1) is 4.47 Å². The highest BCUT2D eigenvalue weighted by Gasteiger charge is 2.05. The topological polar surface area (TPSA) is 47.0 Å². The molecule has 20 heavy (non-hydrogen) atoms. The number of benzene rings is 1. The van der Waals surface area contributed by atoms with Gasteiger partial charge in [0.2, 0.25) is 0 Å². The minimum Gasteiger partial charge on any atom is -0.486 e. The number of aryl methyl sites for hydroxylation is 1. The maximum atomic E-state index is 13.1. The zero-order valence-corrected chi connectivity index (χ0v) is 12.9. The molecule has 1 aromatic carbocycles. The fourth-order valence-electron chi connectivity index (χ4n) is 1.68. The molecule has 0 aliphatic heterocycles. The summed E-state index contributed by atoms with van der Waals surface area (Å²) in [4.78, 5) is 8.65. The van der Waals surface area contributed by atoms with Gasteiger partial charge in [0.15, 0.2) is 5.82 Å². The summed E-state index contributed by atoms with van der Waals surface area (Å²) < 4.78 is 19.1. The molecule has 0 unspecified atom stereocenters. The molecule has 0 fully saturated rings. The van der Waals surface area contributed by atoms with E-state index in [4.69, 9.17) is 4.74 Å². The number of nitrogens with zero attached hydrogens (tertiary/aromatic N) is 2. The van der Waals surface area contributed by atoms with Crippen LogP contribution in [0.15, 0.2) is 28.7 Å². The summed E-state index contributed by atoms with van der Waals surface area (Å²) in [6.07, 6.45) is 0. The molecule has 4 nitrogen and oxygen atoms in total. The Labute approximate surface area is 125 Å². The molecule has 1 N–H and O–H groups in total. The van der Waals surface area contributed by atoms with E-state index in [9.17, 15) is 4.39 Å². The van der Waals surface area contributed by atoms with Crippen molar-refractivity contribution in [1.29, 1.82) is 0 Å². The van der Waals surface area contributed by atoms with E-state index in [2.05, 4.69) is 31.2 Å². The van der Waals surface area contributed by atoms with Gasteiger partial charge >= 0.3 is 0 Å². The molecule has 0 amide bonds. The van der Waals surface area contributed by atoms with E-state index in [0.717, 1.165) is 18.1 Å². The third-order valence-electron chi connectivity index (χ3n) is 2.52. The lowest BCUT2D eigenvalue weighted by Crippen LogP contribution is -2.07. The molecule has 1 heterocycles. The number of ether oxygens (including phenoxy) is 1. The van der Waals surface area contributed by atoms with Crippen LogP contribution in [0.4, 0.5) is 10.2 Å². The molecule has 0 aliphatic carbocycles. The SMILES string of the molecule is CCNc1cc(C)nc(COc2ccc(F)c(Br)c2)n1. The van der Waals surface area contributed by atoms with E-state index in [0.29, 0.717) is 16.0 Å². The van der Waals surface area contributed by atoms with Crippen LogP contribution in [-0.4, -0.2) is 16.5 Å². The molecule has 6 heteroatoms. The molecule has 0 bridgehead atoms. The molecule has 2 rings (SSSR count). The van der Waals surface area contributed by atoms with Crippen LogP contribution in [0.2, 0.25) is 0 Å². The van der Waals surface area contributed by atoms with Gasteiger partial charge in [-0.3, -0.25) is 0 Å². The second-order valence-electron chi connectivity index (χ2n) is 4.21. The Hall–Kier alpha value is -1.69. The number of rotatable bonds is 5. The summed E-state index contributed by atoms with van der Waals surface area (Å²) in [5.41, 5.74) is 0.870. The Morgan fingerprint density at radius 1 is 1.30 bits per heavy atom. The number of halogens is 2. The number of nitrogens with one attached hydrogen (secondary N) is 1. The quantitative estimate of drug-likeness (QED) is 0.902. The molecule has 2 aromatic rings. The number of hydrogen-bond donors (Lipinski definition) is 1. The van der Waals surface area contributed by atoms with Crippen molar-refractivity contribution in [2.75, 3.05) is 11.9 Å². The minimum absolute atomic E-state index is 0.234. The monoisotopic (exact) mass is 339 g/mol. The van der Waals surface area contributed by atoms with E-state index < -0.39 is 0 Å². The highest BCUT2D eigenvalue weighted by molar-refractivity contribution is 9.10. The predicted octanol–water partition coefficient (Wildman–Crippen LogP) is 3.70. The number of anilines is 1. The Morgan fingerprint density at radius 2 is 2.10 bits per heavy atom. The van der Waals surface area contributed by atoms with Gasteiger partial charge in [-0.05, 0) is 48.0 Å². The molecule has 0 saturated heterocycles. The van der Waals surface area contributed by atoms with Crippen molar-refractivity contribution in [2.45, 2.75) is 20.5 Å². The summed E-state index contributed by atoms with van der Waals surface area (Å²) in [7, 11) is 0. The van der Waals surface area contributed by atoms with Crippen LogP contribution in [-0.2, 0) is 6.61 Å². The summed E-state index contributed by atoms with van der Waals surface area (Å²) in [6.45, 7) is 4.93. The van der Waals surface area contributed by atoms with Crippen molar-refractivity contribution in [3.05, 3.63) is 46.1 Å². The van der Waals surface area contributed by atoms with E-state index >= 15 is 0 Å². The molecule has 0 atom stereocenters. The molecule has 106 valence electrons. The first kappa shape index (κ1) is 14.7. The van der Waals surface area contributed by atoms with Crippen LogP contribution in [0.1, 0.15) is 18.4 Å². The second kappa shape index (κ2) is 6.65. The molecule has 1 aromatic heterocycles. The van der Waals surface area contributed by atoms with E-state index in [1.807, 2.05) is 19.9 Å². The Balaban J connectivity index is 2.08. The maximum absolute atomic E-state index is 13.1. The zero-order valence-electron chi connectivity index (χ0n) is 11.3. The van der Waals surface area contributed by atoms with Crippen LogP contribution in [0, 0.1) is 12.7 Å². The van der Waals surface area contributed by atoms with Gasteiger partial charge in [-0.2, -0.15) is 0 Å². The highest BCUT2D eigenvalue weighted by Crippen LogP contribution is 2.22. The lowest BCUT2D eigenvalue weighted by molar-refractivity contribution is 0.295. The van der Waals surface area contributed by atoms with Gasteiger partial charge in [0.1, 0.15) is 24.0 Å². The molecular weight excluding hydrogens is 325 g/mol. The lowest BCUT2D eigenvalue weighted by atomic mass is 10.3. The van der Waals surface area contributed by atoms with Gasteiger partial charge in [-0.1, -0.05) is 0 Å². The first-order valence-corrected chi connectivity index (χ1v) is 7.04.